The molecule has 0 bridgehead atoms. The second kappa shape index (κ2) is 3.62. The molecule has 0 aliphatic heterocycles. The first-order valence-corrected chi connectivity index (χ1v) is 5.46. The summed E-state index contributed by atoms with van der Waals surface area (Å²) in [7, 11) is -4.03. The Balaban J connectivity index is 4.11. The average Bonchev–Trinajstić information content (AvgIpc) is 1.86. The van der Waals surface area contributed by atoms with Crippen LogP contribution in [0.5, 0.6) is 0 Å². The molecule has 0 aromatic carbocycles. The third-order valence-corrected chi connectivity index (χ3v) is 4.34. The van der Waals surface area contributed by atoms with Crippen LogP contribution in [-0.2, 0) is 13.6 Å². The van der Waals surface area contributed by atoms with Crippen LogP contribution in [0, 0.1) is 0 Å². The van der Waals surface area contributed by atoms with Crippen LogP contribution in [-0.4, -0.2) is 24.0 Å². The van der Waals surface area contributed by atoms with Gasteiger partial charge in [-0.3, -0.25) is 0 Å². The first kappa shape index (κ1) is 9.50. The van der Waals surface area contributed by atoms with Gasteiger partial charge in [0.1, 0.15) is 0 Å². The van der Waals surface area contributed by atoms with E-state index in [1.807, 2.05) is 0 Å². The monoisotopic (exact) mass is 174 g/mol. The summed E-state index contributed by atoms with van der Waals surface area (Å²) in [5.41, 5.74) is 0. The lowest BCUT2D eigenvalue weighted by Crippen LogP contribution is -1.84. The molecule has 0 amide bonds. The first-order chi connectivity index (χ1) is 4.06. The van der Waals surface area contributed by atoms with Crippen molar-refractivity contribution in [2.45, 2.75) is 0 Å². The molecule has 2 N–H and O–H groups in total. The average molecular weight is 174 g/mol. The van der Waals surface area contributed by atoms with Crippen LogP contribution < -0.4 is 0 Å². The Morgan fingerprint density at radius 1 is 1.33 bits per heavy atom. The Morgan fingerprint density at radius 2 is 1.67 bits per heavy atom. The van der Waals surface area contributed by atoms with Gasteiger partial charge in [0.15, 0.2) is 0 Å². The van der Waals surface area contributed by atoms with Crippen LogP contribution in [0.15, 0.2) is 0 Å². The molecule has 0 aliphatic carbocycles. The van der Waals surface area contributed by atoms with Gasteiger partial charge in [-0.1, -0.05) is 0 Å². The van der Waals surface area contributed by atoms with Crippen molar-refractivity contribution in [1.29, 1.82) is 0 Å². The molecule has 0 radical (unpaired) electrons. The van der Waals surface area contributed by atoms with Crippen molar-refractivity contribution in [2.75, 3.05) is 14.2 Å². The second-order valence-electron chi connectivity index (χ2n) is 1.10. The van der Waals surface area contributed by atoms with Crippen LogP contribution in [0.4, 0.5) is 0 Å². The van der Waals surface area contributed by atoms with Crippen molar-refractivity contribution in [2.24, 2.45) is 0 Å². The van der Waals surface area contributed by atoms with E-state index >= 15 is 0 Å². The zero-order valence-electron chi connectivity index (χ0n) is 5.01. The van der Waals surface area contributed by atoms with E-state index in [9.17, 15) is 4.57 Å². The molecule has 0 spiro atoms. The molecular formula is C2H8O5P2. The van der Waals surface area contributed by atoms with Gasteiger partial charge in [-0.2, -0.15) is 0 Å². The molecule has 0 atom stereocenters. The Bertz CT molecular complexity index is 114. The molecule has 9 heavy (non-hydrogen) atoms. The Morgan fingerprint density at radius 3 is 1.67 bits per heavy atom. The highest BCUT2D eigenvalue weighted by atomic mass is 32.1. The fourth-order valence-electron chi connectivity index (χ4n) is 0.221. The normalized spacial score (nSPS) is 12.6. The van der Waals surface area contributed by atoms with Gasteiger partial charge in [0.25, 0.3) is 8.06 Å². The predicted molar refractivity (Wildman–Crippen MR) is 33.0 cm³/mol. The first-order valence-electron chi connectivity index (χ1n) is 1.96. The summed E-state index contributed by atoms with van der Waals surface area (Å²) in [5, 5.41) is 0. The third kappa shape index (κ3) is 2.30. The molecule has 0 unspecified atom stereocenters. The zero-order valence-corrected chi connectivity index (χ0v) is 6.80. The van der Waals surface area contributed by atoms with Crippen molar-refractivity contribution in [3.63, 3.8) is 0 Å². The minimum Gasteiger partial charge on any atom is -0.341 e. The minimum absolute atomic E-state index is 1.09. The minimum atomic E-state index is -3.58. The molecule has 0 aromatic rings. The molecule has 0 saturated carbocycles. The molecule has 0 rings (SSSR count). The third-order valence-electron chi connectivity index (χ3n) is 0.681. The standard InChI is InChI=1S/C2H8O5P2/c1-6-9(5,7-2)8(3)4/h3-4H,1-2H3. The van der Waals surface area contributed by atoms with Crippen LogP contribution in [0.1, 0.15) is 0 Å². The zero-order chi connectivity index (χ0) is 7.49. The molecule has 0 heterocycles. The number of hydrogen-bond donors (Lipinski definition) is 2. The lowest BCUT2D eigenvalue weighted by molar-refractivity contribution is 0.285. The maximum atomic E-state index is 10.7. The highest BCUT2D eigenvalue weighted by molar-refractivity contribution is 8.23. The second-order valence-corrected chi connectivity index (χ2v) is 5.85. The van der Waals surface area contributed by atoms with E-state index in [-0.39, 0.29) is 0 Å². The summed E-state index contributed by atoms with van der Waals surface area (Å²) in [6.45, 7) is 0. The van der Waals surface area contributed by atoms with Crippen molar-refractivity contribution in [3.8, 4) is 0 Å². The molecular weight excluding hydrogens is 166 g/mol. The fourth-order valence-corrected chi connectivity index (χ4v) is 1.54. The summed E-state index contributed by atoms with van der Waals surface area (Å²) >= 11 is 0. The lowest BCUT2D eigenvalue weighted by atomic mass is 11.8. The van der Waals surface area contributed by atoms with Crippen LogP contribution >= 0.6 is 15.3 Å². The summed E-state index contributed by atoms with van der Waals surface area (Å²) in [4.78, 5) is 16.8. The van der Waals surface area contributed by atoms with Gasteiger partial charge >= 0.3 is 7.28 Å². The largest absolute Gasteiger partial charge is 0.404 e. The van der Waals surface area contributed by atoms with Gasteiger partial charge < -0.3 is 18.8 Å². The SMILES string of the molecule is COP(=O)(OC)P(O)O. The Hall–Kier alpha value is 0.500. The quantitative estimate of drug-likeness (QED) is 0.615. The molecule has 0 aromatic heterocycles. The van der Waals surface area contributed by atoms with Gasteiger partial charge in [-0.05, 0) is 0 Å². The van der Waals surface area contributed by atoms with Crippen LogP contribution in [0.25, 0.3) is 0 Å². The molecule has 0 aliphatic rings. The van der Waals surface area contributed by atoms with Gasteiger partial charge in [0.2, 0.25) is 0 Å². The van der Waals surface area contributed by atoms with Gasteiger partial charge in [0, 0.05) is 14.2 Å². The lowest BCUT2D eigenvalue weighted by Gasteiger charge is -2.12. The van der Waals surface area contributed by atoms with Crippen molar-refractivity contribution in [1.82, 2.24) is 0 Å². The number of hydrogen-bond acceptors (Lipinski definition) is 5. The summed E-state index contributed by atoms with van der Waals surface area (Å²) < 4.78 is 19.2. The molecule has 0 fully saturated rings. The van der Waals surface area contributed by atoms with Crippen molar-refractivity contribution >= 4 is 15.3 Å². The van der Waals surface area contributed by atoms with Crippen molar-refractivity contribution < 1.29 is 23.4 Å². The Kier molecular flexibility index (Phi) is 3.82. The topological polar surface area (TPSA) is 76.0 Å². The smallest absolute Gasteiger partial charge is 0.341 e. The Labute approximate surface area is 54.0 Å². The van der Waals surface area contributed by atoms with E-state index in [0.29, 0.717) is 0 Å². The van der Waals surface area contributed by atoms with E-state index in [1.165, 1.54) is 0 Å². The highest BCUT2D eigenvalue weighted by Crippen LogP contribution is 2.71. The molecule has 0 saturated heterocycles. The van der Waals surface area contributed by atoms with Gasteiger partial charge in [0.05, 0.1) is 0 Å². The number of rotatable bonds is 3. The van der Waals surface area contributed by atoms with Crippen LogP contribution in [0.2, 0.25) is 0 Å². The maximum absolute atomic E-state index is 10.7. The highest BCUT2D eigenvalue weighted by Gasteiger charge is 2.31. The summed E-state index contributed by atoms with van der Waals surface area (Å²) in [5.74, 6) is 0. The van der Waals surface area contributed by atoms with Crippen LogP contribution in [0.3, 0.4) is 0 Å². The van der Waals surface area contributed by atoms with Gasteiger partial charge in [-0.25, -0.2) is 4.57 Å². The van der Waals surface area contributed by atoms with E-state index in [2.05, 4.69) is 9.05 Å². The summed E-state index contributed by atoms with van der Waals surface area (Å²) in [6, 6.07) is 0. The van der Waals surface area contributed by atoms with E-state index in [4.69, 9.17) is 9.79 Å². The maximum Gasteiger partial charge on any atom is 0.404 e. The molecule has 56 valence electrons. The van der Waals surface area contributed by atoms with Crippen molar-refractivity contribution in [3.05, 3.63) is 0 Å². The van der Waals surface area contributed by atoms with E-state index < -0.39 is 15.3 Å². The summed E-state index contributed by atoms with van der Waals surface area (Å²) in [6.07, 6.45) is 0. The van der Waals surface area contributed by atoms with E-state index in [1.54, 1.807) is 0 Å². The molecule has 7 heteroatoms. The fraction of sp³-hybridized carbons (Fsp3) is 1.00. The predicted octanol–water partition coefficient (Wildman–Crippen LogP) is 0.684. The molecule has 5 nitrogen and oxygen atoms in total. The van der Waals surface area contributed by atoms with Gasteiger partial charge in [-0.15, -0.1) is 0 Å². The van der Waals surface area contributed by atoms with E-state index in [0.717, 1.165) is 14.2 Å².